The van der Waals surface area contributed by atoms with E-state index in [9.17, 15) is 9.90 Å². The first kappa shape index (κ1) is 9.44. The zero-order valence-electron chi connectivity index (χ0n) is 6.81. The fraction of sp³-hybridized carbons (Fsp3) is 0.857. The predicted molar refractivity (Wildman–Crippen MR) is 42.3 cm³/mol. The number of nitrogens with zero attached hydrogens (tertiary/aromatic N) is 1. The molecule has 1 heterocycles. The smallest absolute Gasteiger partial charge is 0.231 e. The highest BCUT2D eigenvalue weighted by molar-refractivity contribution is 5.76. The molecule has 12 heavy (non-hydrogen) atoms. The van der Waals surface area contributed by atoms with Crippen LogP contribution in [0.25, 0.3) is 0 Å². The number of carbonyl (C=O) groups excluding carboxylic acids is 1. The number of rotatable bonds is 3. The number of likely N-dealkylation sites (tertiary alicyclic amines) is 1. The third kappa shape index (κ3) is 2.17. The molecular weight excluding hydrogens is 160 g/mol. The highest BCUT2D eigenvalue weighted by Gasteiger charge is 2.30. The first-order valence-corrected chi connectivity index (χ1v) is 3.94. The topological polar surface area (TPSA) is 86.8 Å². The lowest BCUT2D eigenvalue weighted by Gasteiger charge is -2.19. The van der Waals surface area contributed by atoms with E-state index in [4.69, 9.17) is 10.8 Å². The highest BCUT2D eigenvalue weighted by Crippen LogP contribution is 2.16. The Balaban J connectivity index is 2.46. The largest absolute Gasteiger partial charge is 0.395 e. The molecule has 0 saturated carbocycles. The van der Waals surface area contributed by atoms with Gasteiger partial charge >= 0.3 is 0 Å². The van der Waals surface area contributed by atoms with Gasteiger partial charge in [-0.2, -0.15) is 0 Å². The molecule has 1 fully saturated rings. The number of primary amides is 1. The SMILES string of the molecule is NC(=O)CN1C[C@@H](O)C[C@H]1CO. The molecule has 1 rings (SSSR count). The van der Waals surface area contributed by atoms with E-state index in [2.05, 4.69) is 0 Å². The molecule has 0 aromatic rings. The van der Waals surface area contributed by atoms with E-state index in [1.165, 1.54) is 0 Å². The molecule has 1 saturated heterocycles. The van der Waals surface area contributed by atoms with E-state index in [1.54, 1.807) is 4.90 Å². The number of nitrogens with two attached hydrogens (primary N) is 1. The summed E-state index contributed by atoms with van der Waals surface area (Å²) < 4.78 is 0. The van der Waals surface area contributed by atoms with Crippen LogP contribution >= 0.6 is 0 Å². The molecule has 0 unspecified atom stereocenters. The molecule has 0 aromatic carbocycles. The predicted octanol–water partition coefficient (Wildman–Crippen LogP) is -2.10. The average molecular weight is 174 g/mol. The van der Waals surface area contributed by atoms with Gasteiger partial charge in [0.2, 0.25) is 5.91 Å². The van der Waals surface area contributed by atoms with Gasteiger partial charge in [0.1, 0.15) is 0 Å². The van der Waals surface area contributed by atoms with Crippen molar-refractivity contribution in [3.8, 4) is 0 Å². The second-order valence-electron chi connectivity index (χ2n) is 3.12. The van der Waals surface area contributed by atoms with Crippen LogP contribution in [0.15, 0.2) is 0 Å². The number of β-amino-alcohol motifs (C(OH)–C–C–N with tert-alkyl or cyclic N) is 1. The van der Waals surface area contributed by atoms with Crippen molar-refractivity contribution in [2.24, 2.45) is 5.73 Å². The third-order valence-electron chi connectivity index (χ3n) is 2.08. The van der Waals surface area contributed by atoms with Crippen LogP contribution in [-0.2, 0) is 4.79 Å². The van der Waals surface area contributed by atoms with Crippen LogP contribution in [0.5, 0.6) is 0 Å². The van der Waals surface area contributed by atoms with Crippen LogP contribution in [0.2, 0.25) is 0 Å². The summed E-state index contributed by atoms with van der Waals surface area (Å²) in [7, 11) is 0. The first-order chi connectivity index (χ1) is 5.63. The summed E-state index contributed by atoms with van der Waals surface area (Å²) in [6.45, 7) is 0.501. The van der Waals surface area contributed by atoms with Gasteiger partial charge in [0.15, 0.2) is 0 Å². The summed E-state index contributed by atoms with van der Waals surface area (Å²) >= 11 is 0. The van der Waals surface area contributed by atoms with E-state index >= 15 is 0 Å². The van der Waals surface area contributed by atoms with Crippen molar-refractivity contribution in [3.63, 3.8) is 0 Å². The zero-order chi connectivity index (χ0) is 9.14. The van der Waals surface area contributed by atoms with Crippen molar-refractivity contribution < 1.29 is 15.0 Å². The van der Waals surface area contributed by atoms with Crippen LogP contribution < -0.4 is 5.73 Å². The molecule has 1 amide bonds. The summed E-state index contributed by atoms with van der Waals surface area (Å²) in [5.74, 6) is -0.428. The highest BCUT2D eigenvalue weighted by atomic mass is 16.3. The normalized spacial score (nSPS) is 30.8. The van der Waals surface area contributed by atoms with E-state index in [0.717, 1.165) is 0 Å². The standard InChI is InChI=1S/C7H14N2O3/c8-7(12)3-9-2-6(11)1-5(9)4-10/h5-6,10-11H,1-4H2,(H2,8,12)/t5-,6-/m0/s1. The lowest BCUT2D eigenvalue weighted by molar-refractivity contribution is -0.119. The Morgan fingerprint density at radius 1 is 1.67 bits per heavy atom. The van der Waals surface area contributed by atoms with E-state index in [1.807, 2.05) is 0 Å². The minimum Gasteiger partial charge on any atom is -0.395 e. The summed E-state index contributed by atoms with van der Waals surface area (Å²) in [4.78, 5) is 12.2. The van der Waals surface area contributed by atoms with Crippen LogP contribution in [0.4, 0.5) is 0 Å². The van der Waals surface area contributed by atoms with E-state index in [0.29, 0.717) is 13.0 Å². The van der Waals surface area contributed by atoms with Crippen molar-refractivity contribution in [1.82, 2.24) is 4.90 Å². The average Bonchev–Trinajstić information content (AvgIpc) is 2.29. The third-order valence-corrected chi connectivity index (χ3v) is 2.08. The number of carbonyl (C=O) groups is 1. The molecular formula is C7H14N2O3. The van der Waals surface area contributed by atoms with Gasteiger partial charge < -0.3 is 15.9 Å². The Hall–Kier alpha value is -0.650. The number of aliphatic hydroxyl groups is 2. The van der Waals surface area contributed by atoms with Crippen LogP contribution in [0.1, 0.15) is 6.42 Å². The zero-order valence-corrected chi connectivity index (χ0v) is 6.81. The van der Waals surface area contributed by atoms with Crippen LogP contribution in [0, 0.1) is 0 Å². The maximum Gasteiger partial charge on any atom is 0.231 e. The lowest BCUT2D eigenvalue weighted by Crippen LogP contribution is -2.39. The molecule has 5 nitrogen and oxygen atoms in total. The van der Waals surface area contributed by atoms with Crippen molar-refractivity contribution in [3.05, 3.63) is 0 Å². The van der Waals surface area contributed by atoms with Crippen LogP contribution in [0.3, 0.4) is 0 Å². The van der Waals surface area contributed by atoms with Crippen molar-refractivity contribution >= 4 is 5.91 Å². The quantitative estimate of drug-likeness (QED) is 0.457. The molecule has 0 bridgehead atoms. The summed E-state index contributed by atoms with van der Waals surface area (Å²) in [5.41, 5.74) is 4.99. The van der Waals surface area contributed by atoms with Crippen molar-refractivity contribution in [1.29, 1.82) is 0 Å². The maximum absolute atomic E-state index is 10.5. The Morgan fingerprint density at radius 3 is 2.83 bits per heavy atom. The molecule has 0 radical (unpaired) electrons. The van der Waals surface area contributed by atoms with Gasteiger partial charge in [0.05, 0.1) is 19.3 Å². The Bertz CT molecular complexity index is 174. The minimum absolute atomic E-state index is 0.0374. The molecule has 0 spiro atoms. The Morgan fingerprint density at radius 2 is 2.33 bits per heavy atom. The number of hydrogen-bond donors (Lipinski definition) is 3. The monoisotopic (exact) mass is 174 g/mol. The number of aliphatic hydroxyl groups excluding tert-OH is 2. The molecule has 0 aliphatic carbocycles. The molecule has 4 N–H and O–H groups in total. The van der Waals surface area contributed by atoms with Crippen molar-refractivity contribution in [2.45, 2.75) is 18.6 Å². The fourth-order valence-corrected chi connectivity index (χ4v) is 1.54. The van der Waals surface area contributed by atoms with Gasteiger partial charge in [-0.05, 0) is 6.42 Å². The number of hydrogen-bond acceptors (Lipinski definition) is 4. The second kappa shape index (κ2) is 3.84. The molecule has 2 atom stereocenters. The molecule has 70 valence electrons. The maximum atomic E-state index is 10.5. The van der Waals surface area contributed by atoms with Gasteiger partial charge in [-0.1, -0.05) is 0 Å². The van der Waals surface area contributed by atoms with E-state index < -0.39 is 12.0 Å². The second-order valence-corrected chi connectivity index (χ2v) is 3.12. The minimum atomic E-state index is -0.443. The van der Waals surface area contributed by atoms with Crippen LogP contribution in [-0.4, -0.2) is 52.9 Å². The van der Waals surface area contributed by atoms with E-state index in [-0.39, 0.29) is 19.2 Å². The molecule has 0 aromatic heterocycles. The molecule has 5 heteroatoms. The lowest BCUT2D eigenvalue weighted by atomic mass is 10.2. The molecule has 1 aliphatic rings. The van der Waals surface area contributed by atoms with Gasteiger partial charge in [0.25, 0.3) is 0 Å². The summed E-state index contributed by atoms with van der Waals surface area (Å²) in [6, 6.07) is -0.118. The van der Waals surface area contributed by atoms with Gasteiger partial charge in [0, 0.05) is 12.6 Å². The Kier molecular flexibility index (Phi) is 3.02. The van der Waals surface area contributed by atoms with Crippen molar-refractivity contribution in [2.75, 3.05) is 19.7 Å². The Labute approximate surface area is 70.8 Å². The molecule has 1 aliphatic heterocycles. The fourth-order valence-electron chi connectivity index (χ4n) is 1.54. The summed E-state index contributed by atoms with van der Waals surface area (Å²) in [6.07, 6.45) is 0.0746. The first-order valence-electron chi connectivity index (χ1n) is 3.94. The summed E-state index contributed by atoms with van der Waals surface area (Å²) in [5, 5.41) is 18.1. The van der Waals surface area contributed by atoms with Gasteiger partial charge in [-0.25, -0.2) is 0 Å². The van der Waals surface area contributed by atoms with Gasteiger partial charge in [-0.3, -0.25) is 9.69 Å². The van der Waals surface area contributed by atoms with Gasteiger partial charge in [-0.15, -0.1) is 0 Å². The number of amides is 1.